The standard InChI is InChI=1S/C25H33NO/c1-23(2,3)17-10-11-18-19(15-24(4,5)21(18)14-17)20(16-26)22(27)25(6)12-8-7-9-13-25/h10-11,14H,7-9,12-13,15H2,1-6H3. The van der Waals surface area contributed by atoms with E-state index in [4.69, 9.17) is 0 Å². The van der Waals surface area contributed by atoms with Gasteiger partial charge in [0.15, 0.2) is 5.78 Å². The molecule has 1 aromatic carbocycles. The van der Waals surface area contributed by atoms with Gasteiger partial charge in [0.1, 0.15) is 6.07 Å². The zero-order valence-electron chi connectivity index (χ0n) is 17.8. The lowest BCUT2D eigenvalue weighted by Crippen LogP contribution is -2.31. The van der Waals surface area contributed by atoms with E-state index in [2.05, 4.69) is 65.8 Å². The minimum Gasteiger partial charge on any atom is -0.293 e. The SMILES string of the molecule is CC1(C(=O)C(C#N)=C2CC(C)(C)c3cc(C(C)(C)C)ccc32)CCCCC1. The van der Waals surface area contributed by atoms with Crippen LogP contribution >= 0.6 is 0 Å². The molecule has 0 atom stereocenters. The van der Waals surface area contributed by atoms with Crippen molar-refractivity contribution in [2.75, 3.05) is 0 Å². The third-order valence-corrected chi connectivity index (χ3v) is 6.70. The molecule has 144 valence electrons. The van der Waals surface area contributed by atoms with Gasteiger partial charge in [-0.05, 0) is 52.4 Å². The topological polar surface area (TPSA) is 40.9 Å². The molecule has 27 heavy (non-hydrogen) atoms. The molecule has 1 saturated carbocycles. The molecule has 0 heterocycles. The number of allylic oxidation sites excluding steroid dienone is 2. The van der Waals surface area contributed by atoms with Gasteiger partial charge in [-0.25, -0.2) is 0 Å². The fraction of sp³-hybridized carbons (Fsp3) is 0.600. The molecule has 2 heteroatoms. The molecule has 0 aromatic heterocycles. The third-order valence-electron chi connectivity index (χ3n) is 6.70. The molecule has 0 N–H and O–H groups in total. The first-order valence-corrected chi connectivity index (χ1v) is 10.3. The Bertz CT molecular complexity index is 836. The van der Waals surface area contributed by atoms with E-state index in [0.717, 1.165) is 43.2 Å². The Balaban J connectivity index is 2.12. The van der Waals surface area contributed by atoms with E-state index in [1.165, 1.54) is 17.5 Å². The van der Waals surface area contributed by atoms with Crippen LogP contribution in [0, 0.1) is 16.7 Å². The van der Waals surface area contributed by atoms with Gasteiger partial charge in [-0.3, -0.25) is 4.79 Å². The van der Waals surface area contributed by atoms with Crippen LogP contribution < -0.4 is 0 Å². The van der Waals surface area contributed by atoms with E-state index in [-0.39, 0.29) is 22.0 Å². The number of hydrogen-bond donors (Lipinski definition) is 0. The second kappa shape index (κ2) is 6.62. The van der Waals surface area contributed by atoms with Crippen molar-refractivity contribution >= 4 is 11.4 Å². The van der Waals surface area contributed by atoms with Crippen LogP contribution in [0.1, 0.15) is 96.8 Å². The summed E-state index contributed by atoms with van der Waals surface area (Å²) in [5, 5.41) is 9.95. The number of carbonyl (C=O) groups excluding carboxylic acids is 1. The van der Waals surface area contributed by atoms with Crippen LogP contribution in [0.25, 0.3) is 5.57 Å². The van der Waals surface area contributed by atoms with Gasteiger partial charge in [0.2, 0.25) is 0 Å². The van der Waals surface area contributed by atoms with Crippen molar-refractivity contribution in [2.45, 2.75) is 90.9 Å². The van der Waals surface area contributed by atoms with E-state index in [0.29, 0.717) is 5.57 Å². The molecule has 1 fully saturated rings. The zero-order chi connectivity index (χ0) is 20.0. The predicted octanol–water partition coefficient (Wildman–Crippen LogP) is 6.48. The minimum atomic E-state index is -0.367. The van der Waals surface area contributed by atoms with E-state index in [1.807, 2.05) is 0 Å². The lowest BCUT2D eigenvalue weighted by Gasteiger charge is -2.32. The lowest BCUT2D eigenvalue weighted by atomic mass is 9.70. The maximum absolute atomic E-state index is 13.4. The molecule has 2 aliphatic rings. The highest BCUT2D eigenvalue weighted by Crippen LogP contribution is 2.49. The molecule has 0 amide bonds. The Labute approximate surface area is 164 Å². The smallest absolute Gasteiger partial charge is 0.179 e. The van der Waals surface area contributed by atoms with Crippen molar-refractivity contribution in [3.8, 4) is 6.07 Å². The Kier molecular flexibility index (Phi) is 4.87. The highest BCUT2D eigenvalue weighted by Gasteiger charge is 2.41. The summed E-state index contributed by atoms with van der Waals surface area (Å²) in [7, 11) is 0. The first-order valence-electron chi connectivity index (χ1n) is 10.3. The van der Waals surface area contributed by atoms with Gasteiger partial charge in [0, 0.05) is 5.41 Å². The molecule has 1 aromatic rings. The summed E-state index contributed by atoms with van der Waals surface area (Å²) in [6.45, 7) is 13.2. The second-order valence-electron chi connectivity index (χ2n) is 10.5. The molecule has 0 unspecified atom stereocenters. The fourth-order valence-electron chi connectivity index (χ4n) is 4.81. The molecule has 0 saturated heterocycles. The van der Waals surface area contributed by atoms with Gasteiger partial charge in [-0.2, -0.15) is 5.26 Å². The van der Waals surface area contributed by atoms with Crippen LogP contribution in [0.5, 0.6) is 0 Å². The number of rotatable bonds is 2. The molecule has 0 spiro atoms. The summed E-state index contributed by atoms with van der Waals surface area (Å²) in [6.07, 6.45) is 5.96. The van der Waals surface area contributed by atoms with Gasteiger partial charge in [0.25, 0.3) is 0 Å². The largest absolute Gasteiger partial charge is 0.293 e. The number of nitriles is 1. The summed E-state index contributed by atoms with van der Waals surface area (Å²) < 4.78 is 0. The van der Waals surface area contributed by atoms with Gasteiger partial charge in [0.05, 0.1) is 5.57 Å². The number of carbonyl (C=O) groups is 1. The average molecular weight is 364 g/mol. The summed E-state index contributed by atoms with van der Waals surface area (Å²) >= 11 is 0. The van der Waals surface area contributed by atoms with Crippen molar-refractivity contribution in [2.24, 2.45) is 5.41 Å². The number of benzene rings is 1. The molecule has 0 aliphatic heterocycles. The van der Waals surface area contributed by atoms with Crippen molar-refractivity contribution in [3.63, 3.8) is 0 Å². The molecule has 0 radical (unpaired) electrons. The molecule has 3 rings (SSSR count). The monoisotopic (exact) mass is 363 g/mol. The quantitative estimate of drug-likeness (QED) is 0.445. The Hall–Kier alpha value is -1.88. The molecular formula is C25H33NO. The predicted molar refractivity (Wildman–Crippen MR) is 112 cm³/mol. The summed E-state index contributed by atoms with van der Waals surface area (Å²) in [6, 6.07) is 8.93. The van der Waals surface area contributed by atoms with Gasteiger partial charge in [-0.1, -0.05) is 79.0 Å². The van der Waals surface area contributed by atoms with E-state index < -0.39 is 0 Å². The van der Waals surface area contributed by atoms with Crippen molar-refractivity contribution in [1.82, 2.24) is 0 Å². The summed E-state index contributed by atoms with van der Waals surface area (Å²) in [4.78, 5) is 13.4. The zero-order valence-corrected chi connectivity index (χ0v) is 17.8. The molecule has 2 aliphatic carbocycles. The normalized spacial score (nSPS) is 22.7. The van der Waals surface area contributed by atoms with E-state index in [9.17, 15) is 10.1 Å². The lowest BCUT2D eigenvalue weighted by molar-refractivity contribution is -0.125. The maximum atomic E-state index is 13.4. The summed E-state index contributed by atoms with van der Waals surface area (Å²) in [5.74, 6) is 0.0725. The number of Topliss-reactive ketones (excluding diaryl/α,β-unsaturated/α-hetero) is 1. The van der Waals surface area contributed by atoms with Crippen LogP contribution in [-0.2, 0) is 15.6 Å². The van der Waals surface area contributed by atoms with Crippen LogP contribution in [-0.4, -0.2) is 5.78 Å². The Morgan fingerprint density at radius 1 is 1.07 bits per heavy atom. The van der Waals surface area contributed by atoms with E-state index in [1.54, 1.807) is 0 Å². The fourth-order valence-corrected chi connectivity index (χ4v) is 4.81. The second-order valence-corrected chi connectivity index (χ2v) is 10.5. The maximum Gasteiger partial charge on any atom is 0.179 e. The number of fused-ring (bicyclic) bond motifs is 1. The van der Waals surface area contributed by atoms with Crippen LogP contribution in [0.15, 0.2) is 23.8 Å². The molecule has 2 nitrogen and oxygen atoms in total. The summed E-state index contributed by atoms with van der Waals surface area (Å²) in [5.41, 5.74) is 4.73. The Morgan fingerprint density at radius 2 is 1.70 bits per heavy atom. The van der Waals surface area contributed by atoms with Crippen molar-refractivity contribution < 1.29 is 4.79 Å². The van der Waals surface area contributed by atoms with Gasteiger partial charge < -0.3 is 0 Å². The van der Waals surface area contributed by atoms with E-state index >= 15 is 0 Å². The minimum absolute atomic E-state index is 0.0538. The average Bonchev–Trinajstić information content (AvgIpc) is 2.86. The van der Waals surface area contributed by atoms with Gasteiger partial charge >= 0.3 is 0 Å². The van der Waals surface area contributed by atoms with Crippen molar-refractivity contribution in [3.05, 3.63) is 40.5 Å². The number of hydrogen-bond acceptors (Lipinski definition) is 2. The van der Waals surface area contributed by atoms with Gasteiger partial charge in [-0.15, -0.1) is 0 Å². The van der Waals surface area contributed by atoms with Crippen LogP contribution in [0.2, 0.25) is 0 Å². The first kappa shape index (κ1) is 19.9. The van der Waals surface area contributed by atoms with Crippen LogP contribution in [0.3, 0.4) is 0 Å². The highest BCUT2D eigenvalue weighted by molar-refractivity contribution is 6.10. The van der Waals surface area contributed by atoms with Crippen molar-refractivity contribution in [1.29, 1.82) is 5.26 Å². The first-order chi connectivity index (χ1) is 12.5. The van der Waals surface area contributed by atoms with Crippen LogP contribution in [0.4, 0.5) is 0 Å². The molecular weight excluding hydrogens is 330 g/mol. The number of nitrogens with zero attached hydrogens (tertiary/aromatic N) is 1. The number of ketones is 1. The Morgan fingerprint density at radius 3 is 2.26 bits per heavy atom. The third kappa shape index (κ3) is 3.49. The molecule has 0 bridgehead atoms. The highest BCUT2D eigenvalue weighted by atomic mass is 16.1.